The molecule has 0 aliphatic carbocycles. The van der Waals surface area contributed by atoms with Crippen molar-refractivity contribution in [3.63, 3.8) is 0 Å². The number of H-pyrrole nitrogens is 1. The average molecular weight is 341 g/mol. The van der Waals surface area contributed by atoms with Crippen LogP contribution in [0, 0.1) is 5.82 Å². The molecule has 0 fully saturated rings. The van der Waals surface area contributed by atoms with Crippen molar-refractivity contribution in [3.8, 4) is 5.69 Å². The minimum Gasteiger partial charge on any atom is -0.326 e. The van der Waals surface area contributed by atoms with Crippen LogP contribution in [0.4, 0.5) is 10.1 Å². The second kappa shape index (κ2) is 7.08. The summed E-state index contributed by atoms with van der Waals surface area (Å²) in [6.07, 6.45) is 0.587. The molecule has 3 rings (SSSR count). The van der Waals surface area contributed by atoms with Crippen LogP contribution in [-0.2, 0) is 4.79 Å². The number of carbonyl (C=O) groups excluding carboxylic acids is 1. The Kier molecular flexibility index (Phi) is 4.69. The number of hydrogen-bond acceptors (Lipinski definition) is 4. The first-order chi connectivity index (χ1) is 12.1. The van der Waals surface area contributed by atoms with Crippen molar-refractivity contribution in [2.24, 2.45) is 0 Å². The molecule has 128 valence electrons. The van der Waals surface area contributed by atoms with Crippen LogP contribution in [0.15, 0.2) is 53.3 Å². The fourth-order valence-electron chi connectivity index (χ4n) is 2.55. The van der Waals surface area contributed by atoms with E-state index in [0.29, 0.717) is 17.8 Å². The van der Waals surface area contributed by atoms with E-state index >= 15 is 0 Å². The Morgan fingerprint density at radius 2 is 1.88 bits per heavy atom. The van der Waals surface area contributed by atoms with E-state index < -0.39 is 5.69 Å². The Balaban J connectivity index is 1.74. The molecule has 1 aromatic heterocycles. The summed E-state index contributed by atoms with van der Waals surface area (Å²) in [7, 11) is 0. The van der Waals surface area contributed by atoms with Crippen LogP contribution >= 0.6 is 0 Å². The summed E-state index contributed by atoms with van der Waals surface area (Å²) < 4.78 is 14.2. The van der Waals surface area contributed by atoms with Crippen LogP contribution < -0.4 is 11.0 Å². The van der Waals surface area contributed by atoms with Crippen molar-refractivity contribution in [2.45, 2.75) is 19.3 Å². The van der Waals surface area contributed by atoms with Gasteiger partial charge in [-0.25, -0.2) is 14.3 Å². The predicted octanol–water partition coefficient (Wildman–Crippen LogP) is 2.23. The van der Waals surface area contributed by atoms with Crippen LogP contribution in [0.1, 0.15) is 24.8 Å². The Morgan fingerprint density at radius 3 is 2.44 bits per heavy atom. The molecule has 0 saturated heterocycles. The zero-order valence-corrected chi connectivity index (χ0v) is 13.4. The van der Waals surface area contributed by atoms with E-state index in [2.05, 4.69) is 20.8 Å². The van der Waals surface area contributed by atoms with Crippen LogP contribution in [0.3, 0.4) is 0 Å². The monoisotopic (exact) mass is 341 g/mol. The van der Waals surface area contributed by atoms with E-state index in [4.69, 9.17) is 0 Å². The predicted molar refractivity (Wildman–Crippen MR) is 90.0 cm³/mol. The number of anilines is 1. The van der Waals surface area contributed by atoms with Crippen molar-refractivity contribution in [1.29, 1.82) is 0 Å². The SMILES string of the molecule is CCC(C(=O)Nc1ccc(-n2nn[nH]c2=O)cc1)c1ccc(F)cc1. The van der Waals surface area contributed by atoms with Crippen molar-refractivity contribution in [2.75, 3.05) is 5.32 Å². The molecule has 0 aliphatic rings. The molecule has 0 bridgehead atoms. The molecule has 1 heterocycles. The lowest BCUT2D eigenvalue weighted by Crippen LogP contribution is -2.21. The highest BCUT2D eigenvalue weighted by molar-refractivity contribution is 5.95. The second-order valence-corrected chi connectivity index (χ2v) is 5.47. The normalized spacial score (nSPS) is 11.9. The fourth-order valence-corrected chi connectivity index (χ4v) is 2.55. The van der Waals surface area contributed by atoms with E-state index in [0.717, 1.165) is 10.2 Å². The molecule has 1 atom stereocenters. The van der Waals surface area contributed by atoms with Gasteiger partial charge in [0.05, 0.1) is 11.6 Å². The van der Waals surface area contributed by atoms with Gasteiger partial charge in [-0.2, -0.15) is 4.68 Å². The molecule has 8 heteroatoms. The Bertz CT molecular complexity index is 915. The van der Waals surface area contributed by atoms with Crippen molar-refractivity contribution >= 4 is 11.6 Å². The van der Waals surface area contributed by atoms with Crippen LogP contribution in [0.2, 0.25) is 0 Å². The highest BCUT2D eigenvalue weighted by Gasteiger charge is 2.19. The van der Waals surface area contributed by atoms with Gasteiger partial charge in [-0.15, -0.1) is 0 Å². The minimum absolute atomic E-state index is 0.180. The number of rotatable bonds is 5. The lowest BCUT2D eigenvalue weighted by atomic mass is 9.95. The van der Waals surface area contributed by atoms with Gasteiger partial charge in [0, 0.05) is 5.69 Å². The molecular formula is C17H16FN5O2. The topological polar surface area (TPSA) is 92.7 Å². The zero-order chi connectivity index (χ0) is 17.8. The number of aromatic nitrogens is 4. The standard InChI is InChI=1S/C17H16FN5O2/c1-2-15(11-3-5-12(18)6-4-11)16(24)19-13-7-9-14(10-8-13)23-17(25)20-21-22-23/h3-10,15H,2H2,1H3,(H,19,24)(H,20,22,25). The largest absolute Gasteiger partial charge is 0.365 e. The maximum atomic E-state index is 13.0. The van der Waals surface area contributed by atoms with Crippen LogP contribution in [-0.4, -0.2) is 26.1 Å². The summed E-state index contributed by atoms with van der Waals surface area (Å²) in [4.78, 5) is 24.0. The van der Waals surface area contributed by atoms with Gasteiger partial charge in [-0.3, -0.25) is 4.79 Å². The molecule has 0 saturated carbocycles. The van der Waals surface area contributed by atoms with Crippen molar-refractivity contribution in [3.05, 3.63) is 70.4 Å². The summed E-state index contributed by atoms with van der Waals surface area (Å²) >= 11 is 0. The van der Waals surface area contributed by atoms with E-state index in [1.165, 1.54) is 12.1 Å². The highest BCUT2D eigenvalue weighted by Crippen LogP contribution is 2.22. The molecule has 2 aromatic carbocycles. The second-order valence-electron chi connectivity index (χ2n) is 5.47. The lowest BCUT2D eigenvalue weighted by molar-refractivity contribution is -0.117. The molecule has 0 aliphatic heterocycles. The minimum atomic E-state index is -0.445. The number of aromatic amines is 1. The quantitative estimate of drug-likeness (QED) is 0.744. The van der Waals surface area contributed by atoms with Gasteiger partial charge in [0.2, 0.25) is 5.91 Å². The first-order valence-corrected chi connectivity index (χ1v) is 7.75. The molecule has 1 amide bonds. The third-order valence-electron chi connectivity index (χ3n) is 3.85. The van der Waals surface area contributed by atoms with E-state index in [1.54, 1.807) is 36.4 Å². The number of amides is 1. The summed E-state index contributed by atoms with van der Waals surface area (Å²) in [6.45, 7) is 1.90. The Labute approximate surface area is 142 Å². The first kappa shape index (κ1) is 16.6. The lowest BCUT2D eigenvalue weighted by Gasteiger charge is -2.15. The highest BCUT2D eigenvalue weighted by atomic mass is 19.1. The molecule has 0 radical (unpaired) electrons. The summed E-state index contributed by atoms with van der Waals surface area (Å²) in [5.74, 6) is -0.892. The van der Waals surface area contributed by atoms with E-state index in [-0.39, 0.29) is 17.6 Å². The number of carbonyl (C=O) groups is 1. The van der Waals surface area contributed by atoms with Crippen LogP contribution in [0.25, 0.3) is 5.69 Å². The molecular weight excluding hydrogens is 325 g/mol. The number of hydrogen-bond donors (Lipinski definition) is 2. The number of tetrazole rings is 1. The van der Waals surface area contributed by atoms with Crippen molar-refractivity contribution < 1.29 is 9.18 Å². The molecule has 0 spiro atoms. The third-order valence-corrected chi connectivity index (χ3v) is 3.85. The van der Waals surface area contributed by atoms with E-state index in [9.17, 15) is 14.0 Å². The number of nitrogens with zero attached hydrogens (tertiary/aromatic N) is 3. The number of halogens is 1. The molecule has 2 N–H and O–H groups in total. The third kappa shape index (κ3) is 3.63. The maximum absolute atomic E-state index is 13.0. The van der Waals surface area contributed by atoms with E-state index in [1.807, 2.05) is 6.92 Å². The smallest absolute Gasteiger partial charge is 0.326 e. The summed E-state index contributed by atoms with van der Waals surface area (Å²) in [5, 5.41) is 12.1. The number of benzene rings is 2. The molecule has 25 heavy (non-hydrogen) atoms. The molecule has 3 aromatic rings. The first-order valence-electron chi connectivity index (χ1n) is 7.75. The van der Waals surface area contributed by atoms with Gasteiger partial charge < -0.3 is 5.32 Å². The number of nitrogens with one attached hydrogen (secondary N) is 2. The van der Waals surface area contributed by atoms with Gasteiger partial charge in [0.15, 0.2) is 0 Å². The summed E-state index contributed by atoms with van der Waals surface area (Å²) in [5.41, 5.74) is 1.43. The van der Waals surface area contributed by atoms with Gasteiger partial charge in [-0.1, -0.05) is 19.1 Å². The van der Waals surface area contributed by atoms with Gasteiger partial charge in [0.25, 0.3) is 0 Å². The molecule has 7 nitrogen and oxygen atoms in total. The van der Waals surface area contributed by atoms with Gasteiger partial charge in [-0.05, 0) is 58.8 Å². The van der Waals surface area contributed by atoms with Crippen LogP contribution in [0.5, 0.6) is 0 Å². The zero-order valence-electron chi connectivity index (χ0n) is 13.4. The maximum Gasteiger partial charge on any atom is 0.365 e. The summed E-state index contributed by atoms with van der Waals surface area (Å²) in [6, 6.07) is 12.6. The van der Waals surface area contributed by atoms with Gasteiger partial charge >= 0.3 is 5.69 Å². The Hall–Kier alpha value is -3.29. The van der Waals surface area contributed by atoms with Crippen molar-refractivity contribution in [1.82, 2.24) is 20.2 Å². The average Bonchev–Trinajstić information content (AvgIpc) is 3.04. The van der Waals surface area contributed by atoms with Gasteiger partial charge in [0.1, 0.15) is 5.82 Å². The fraction of sp³-hybridized carbons (Fsp3) is 0.176. The Morgan fingerprint density at radius 1 is 1.20 bits per heavy atom. The molecule has 1 unspecified atom stereocenters.